The Morgan fingerprint density at radius 1 is 0.714 bits per heavy atom. The molecule has 0 atom stereocenters. The lowest BCUT2D eigenvalue weighted by atomic mass is 10.3. The van der Waals surface area contributed by atoms with Crippen LogP contribution in [0, 0.1) is 0 Å². The fourth-order valence-corrected chi connectivity index (χ4v) is 1.91. The molecule has 0 fully saturated rings. The van der Waals surface area contributed by atoms with Gasteiger partial charge in [0, 0.05) is 6.61 Å². The van der Waals surface area contributed by atoms with Crippen LogP contribution in [0.25, 0.3) is 0 Å². The van der Waals surface area contributed by atoms with Gasteiger partial charge in [-0.05, 0) is 19.3 Å². The molecule has 0 saturated carbocycles. The van der Waals surface area contributed by atoms with Gasteiger partial charge in [-0.2, -0.15) is 0 Å². The largest absolute Gasteiger partial charge is 0.428 e. The Morgan fingerprint density at radius 3 is 1.43 bits per heavy atom. The van der Waals surface area contributed by atoms with Crippen LogP contribution in [-0.2, 0) is 13.9 Å². The Labute approximate surface area is 135 Å². The fourth-order valence-electron chi connectivity index (χ4n) is 1.62. The lowest BCUT2D eigenvalue weighted by Crippen LogP contribution is -2.17. The van der Waals surface area contributed by atoms with Gasteiger partial charge in [0.2, 0.25) is 0 Å². The summed E-state index contributed by atoms with van der Waals surface area (Å²) < 4.78 is 15.1. The maximum Gasteiger partial charge on any atom is 0.269 e. The van der Waals surface area contributed by atoms with Gasteiger partial charge in [-0.15, -0.1) is 0 Å². The first-order valence-electron chi connectivity index (χ1n) is 8.63. The molecular weight excluding hydrogens is 284 g/mol. The van der Waals surface area contributed by atoms with E-state index in [1.54, 1.807) is 0 Å². The third kappa shape index (κ3) is 25.4. The van der Waals surface area contributed by atoms with Crippen LogP contribution in [0.4, 0.5) is 0 Å². The molecule has 0 bridgehead atoms. The Morgan fingerprint density at radius 2 is 1.10 bits per heavy atom. The maximum absolute atomic E-state index is 9.20. The summed E-state index contributed by atoms with van der Waals surface area (Å²) in [4.78, 5) is 0. The van der Waals surface area contributed by atoms with Gasteiger partial charge in [0.05, 0.1) is 13.2 Å². The molecular formula is C16H38O4Si. The molecule has 130 valence electrons. The first-order valence-corrected chi connectivity index (χ1v) is 9.44. The number of rotatable bonds is 14. The topological polar surface area (TPSA) is 47.9 Å². The summed E-state index contributed by atoms with van der Waals surface area (Å²) in [6, 6.07) is 0. The van der Waals surface area contributed by atoms with Crippen LogP contribution >= 0.6 is 0 Å². The van der Waals surface area contributed by atoms with Gasteiger partial charge in [0.15, 0.2) is 0 Å². The zero-order chi connectivity index (χ0) is 16.2. The van der Waals surface area contributed by atoms with Crippen molar-refractivity contribution in [3.8, 4) is 0 Å². The van der Waals surface area contributed by atoms with Crippen molar-refractivity contribution >= 4 is 10.5 Å². The summed E-state index contributed by atoms with van der Waals surface area (Å²) in [5.74, 6) is 0. The highest BCUT2D eigenvalue weighted by Crippen LogP contribution is 2.00. The maximum atomic E-state index is 9.20. The minimum Gasteiger partial charge on any atom is -0.428 e. The van der Waals surface area contributed by atoms with Crippen LogP contribution < -0.4 is 0 Å². The zero-order valence-electron chi connectivity index (χ0n) is 14.7. The van der Waals surface area contributed by atoms with E-state index in [0.29, 0.717) is 13.2 Å². The summed E-state index contributed by atoms with van der Waals surface area (Å²) in [6.07, 6.45) is 10.5. The molecule has 0 aromatic carbocycles. The second-order valence-corrected chi connectivity index (χ2v) is 5.74. The van der Waals surface area contributed by atoms with Crippen LogP contribution in [0.2, 0.25) is 0 Å². The number of hydrogen-bond donors (Lipinski definition) is 1. The van der Waals surface area contributed by atoms with Gasteiger partial charge >= 0.3 is 0 Å². The molecule has 0 aliphatic rings. The molecule has 4 nitrogen and oxygen atoms in total. The van der Waals surface area contributed by atoms with Crippen molar-refractivity contribution in [2.75, 3.05) is 19.8 Å². The van der Waals surface area contributed by atoms with E-state index in [1.807, 2.05) is 0 Å². The molecule has 0 rings (SSSR count). The smallest absolute Gasteiger partial charge is 0.269 e. The lowest BCUT2D eigenvalue weighted by Gasteiger charge is -2.12. The molecule has 0 saturated heterocycles. The van der Waals surface area contributed by atoms with Crippen molar-refractivity contribution in [2.24, 2.45) is 0 Å². The normalized spacial score (nSPS) is 10.7. The number of hydrogen-bond acceptors (Lipinski definition) is 4. The highest BCUT2D eigenvalue weighted by Gasteiger charge is 2.02. The number of unbranched alkanes of at least 4 members (excludes halogenated alkanes) is 6. The minimum absolute atomic E-state index is 0.586. The second-order valence-electron chi connectivity index (χ2n) is 5.16. The molecule has 0 heterocycles. The monoisotopic (exact) mass is 322 g/mol. The predicted molar refractivity (Wildman–Crippen MR) is 92.4 cm³/mol. The van der Waals surface area contributed by atoms with Crippen LogP contribution in [0.3, 0.4) is 0 Å². The van der Waals surface area contributed by atoms with Crippen molar-refractivity contribution in [3.63, 3.8) is 0 Å². The van der Waals surface area contributed by atoms with Crippen molar-refractivity contribution in [1.82, 2.24) is 0 Å². The molecule has 0 aliphatic heterocycles. The van der Waals surface area contributed by atoms with Gasteiger partial charge in [-0.3, -0.25) is 0 Å². The van der Waals surface area contributed by atoms with E-state index in [-0.39, 0.29) is 0 Å². The molecule has 0 spiro atoms. The Bertz CT molecular complexity index is 154. The van der Waals surface area contributed by atoms with Crippen LogP contribution in [0.15, 0.2) is 0 Å². The molecule has 1 N–H and O–H groups in total. The van der Waals surface area contributed by atoms with Crippen molar-refractivity contribution < 1.29 is 19.0 Å². The lowest BCUT2D eigenvalue weighted by molar-refractivity contribution is -0.263. The molecule has 0 radical (unpaired) electrons. The summed E-state index contributed by atoms with van der Waals surface area (Å²) in [5, 5.41) is 9.20. The molecule has 0 aromatic rings. The van der Waals surface area contributed by atoms with E-state index >= 15 is 0 Å². The molecule has 0 unspecified atom stereocenters. The van der Waals surface area contributed by atoms with Crippen molar-refractivity contribution in [2.45, 2.75) is 85.0 Å². The molecule has 5 heteroatoms. The highest BCUT2D eigenvalue weighted by molar-refractivity contribution is 5.97. The molecule has 0 aromatic heterocycles. The van der Waals surface area contributed by atoms with E-state index in [4.69, 9.17) is 13.9 Å². The SMILES string of the molecule is CCCCCOC(O)OCCCCC.CCCCCO[SiH3]. The van der Waals surface area contributed by atoms with Crippen LogP contribution in [0.5, 0.6) is 0 Å². The summed E-state index contributed by atoms with van der Waals surface area (Å²) in [6.45, 7) is 7.61. The van der Waals surface area contributed by atoms with Crippen molar-refractivity contribution in [1.29, 1.82) is 0 Å². The van der Waals surface area contributed by atoms with E-state index < -0.39 is 6.48 Å². The van der Waals surface area contributed by atoms with Crippen LogP contribution in [0.1, 0.15) is 78.6 Å². The molecule has 0 amide bonds. The summed E-state index contributed by atoms with van der Waals surface area (Å²) >= 11 is 0. The van der Waals surface area contributed by atoms with E-state index in [2.05, 4.69) is 20.8 Å². The first kappa shape index (κ1) is 23.3. The number of aliphatic hydroxyl groups is 1. The highest BCUT2D eigenvalue weighted by atomic mass is 28.2. The Kier molecular flexibility index (Phi) is 24.8. The van der Waals surface area contributed by atoms with Crippen LogP contribution in [-0.4, -0.2) is 41.9 Å². The Balaban J connectivity index is 0. The average Bonchev–Trinajstić information content (AvgIpc) is 2.49. The average molecular weight is 323 g/mol. The quantitative estimate of drug-likeness (QED) is 0.303. The summed E-state index contributed by atoms with van der Waals surface area (Å²) in [7, 11) is 0.906. The summed E-state index contributed by atoms with van der Waals surface area (Å²) in [5.41, 5.74) is 0. The van der Waals surface area contributed by atoms with Gasteiger partial charge in [0.1, 0.15) is 10.5 Å². The van der Waals surface area contributed by atoms with Crippen molar-refractivity contribution in [3.05, 3.63) is 0 Å². The minimum atomic E-state index is -1.02. The number of ether oxygens (including phenoxy) is 2. The van der Waals surface area contributed by atoms with Gasteiger partial charge in [-0.25, -0.2) is 0 Å². The standard InChI is InChI=1S/C11H24O3.C5H14OSi/c1-3-5-7-9-13-11(12)14-10-8-6-4-2;1-2-3-4-5-6-7/h11-12H,3-10H2,1-2H3;2-5H2,1,7H3. The first-order chi connectivity index (χ1) is 10.2. The molecule has 0 aliphatic carbocycles. The van der Waals surface area contributed by atoms with E-state index in [9.17, 15) is 5.11 Å². The van der Waals surface area contributed by atoms with Gasteiger partial charge in [0.25, 0.3) is 6.48 Å². The Hall–Kier alpha value is 0.0569. The van der Waals surface area contributed by atoms with E-state index in [1.165, 1.54) is 19.3 Å². The molecule has 21 heavy (non-hydrogen) atoms. The van der Waals surface area contributed by atoms with Gasteiger partial charge in [-0.1, -0.05) is 59.3 Å². The third-order valence-electron chi connectivity index (χ3n) is 2.97. The van der Waals surface area contributed by atoms with E-state index in [0.717, 1.165) is 55.6 Å². The van der Waals surface area contributed by atoms with Gasteiger partial charge < -0.3 is 19.0 Å². The number of aliphatic hydroxyl groups excluding tert-OH is 1. The zero-order valence-corrected chi connectivity index (χ0v) is 16.7. The fraction of sp³-hybridized carbons (Fsp3) is 1.00. The third-order valence-corrected chi connectivity index (χ3v) is 3.38. The predicted octanol–water partition coefficient (Wildman–Crippen LogP) is 3.15. The second kappa shape index (κ2) is 22.3.